The van der Waals surface area contributed by atoms with Gasteiger partial charge in [-0.3, -0.25) is 14.3 Å². The van der Waals surface area contributed by atoms with Crippen molar-refractivity contribution in [2.75, 3.05) is 6.54 Å². The van der Waals surface area contributed by atoms with Crippen LogP contribution in [-0.4, -0.2) is 28.0 Å². The highest BCUT2D eigenvalue weighted by atomic mass is 16.2. The predicted molar refractivity (Wildman–Crippen MR) is 55.4 cm³/mol. The molecule has 5 nitrogen and oxygen atoms in total. The van der Waals surface area contributed by atoms with Crippen molar-refractivity contribution in [3.8, 4) is 0 Å². The lowest BCUT2D eigenvalue weighted by atomic mass is 10.2. The second-order valence-corrected chi connectivity index (χ2v) is 3.70. The fourth-order valence-electron chi connectivity index (χ4n) is 1.04. The number of carbonyl (C=O) groups excluding carboxylic acids is 2. The molecule has 5 heteroatoms. The Labute approximate surface area is 88.5 Å². The number of aromatic nitrogens is 2. The van der Waals surface area contributed by atoms with Crippen LogP contribution in [0.4, 0.5) is 0 Å². The van der Waals surface area contributed by atoms with Crippen molar-refractivity contribution in [2.45, 2.75) is 13.8 Å². The molecule has 0 aliphatic rings. The van der Waals surface area contributed by atoms with E-state index in [0.29, 0.717) is 5.56 Å². The summed E-state index contributed by atoms with van der Waals surface area (Å²) in [4.78, 5) is 22.7. The minimum Gasteiger partial charge on any atom is -0.348 e. The van der Waals surface area contributed by atoms with Crippen LogP contribution < -0.4 is 5.32 Å². The summed E-state index contributed by atoms with van der Waals surface area (Å²) in [5.74, 6) is -0.351. The number of Topliss-reactive ketones (excluding diaryl/α,β-unsaturated/α-hetero) is 1. The molecule has 0 radical (unpaired) electrons. The summed E-state index contributed by atoms with van der Waals surface area (Å²) in [6.07, 6.45) is 3.12. The molecule has 0 aliphatic heterocycles. The molecule has 1 aromatic rings. The zero-order valence-corrected chi connectivity index (χ0v) is 9.15. The normalized spacial score (nSPS) is 10.4. The second kappa shape index (κ2) is 4.72. The zero-order valence-electron chi connectivity index (χ0n) is 9.15. The van der Waals surface area contributed by atoms with Gasteiger partial charge in [-0.1, -0.05) is 13.8 Å². The summed E-state index contributed by atoms with van der Waals surface area (Å²) in [6.45, 7) is 3.59. The van der Waals surface area contributed by atoms with Crippen molar-refractivity contribution in [1.29, 1.82) is 0 Å². The van der Waals surface area contributed by atoms with Crippen LogP contribution in [0.2, 0.25) is 0 Å². The molecular weight excluding hydrogens is 194 g/mol. The fraction of sp³-hybridized carbons (Fsp3) is 0.500. The van der Waals surface area contributed by atoms with Crippen LogP contribution in [0.3, 0.4) is 0 Å². The van der Waals surface area contributed by atoms with Gasteiger partial charge in [-0.15, -0.1) is 0 Å². The van der Waals surface area contributed by atoms with Crippen LogP contribution >= 0.6 is 0 Å². The van der Waals surface area contributed by atoms with Gasteiger partial charge >= 0.3 is 0 Å². The Morgan fingerprint density at radius 3 is 2.67 bits per heavy atom. The number of nitrogens with one attached hydrogen (secondary N) is 1. The number of carbonyl (C=O) groups is 2. The maximum atomic E-state index is 11.5. The first-order chi connectivity index (χ1) is 7.00. The lowest BCUT2D eigenvalue weighted by Gasteiger charge is -2.05. The van der Waals surface area contributed by atoms with Gasteiger partial charge in [-0.05, 0) is 0 Å². The number of amides is 1. The summed E-state index contributed by atoms with van der Waals surface area (Å²) in [6, 6.07) is 0. The molecule has 1 heterocycles. The van der Waals surface area contributed by atoms with Crippen molar-refractivity contribution in [1.82, 2.24) is 15.1 Å². The highest BCUT2D eigenvalue weighted by molar-refractivity contribution is 5.99. The summed E-state index contributed by atoms with van der Waals surface area (Å²) < 4.78 is 1.55. The smallest absolute Gasteiger partial charge is 0.222 e. The minimum atomic E-state index is -0.128. The Hall–Kier alpha value is -1.65. The second-order valence-electron chi connectivity index (χ2n) is 3.70. The van der Waals surface area contributed by atoms with Gasteiger partial charge in [0.15, 0.2) is 5.78 Å². The summed E-state index contributed by atoms with van der Waals surface area (Å²) in [5, 5.41) is 6.45. The van der Waals surface area contributed by atoms with E-state index in [2.05, 4.69) is 10.4 Å². The lowest BCUT2D eigenvalue weighted by molar-refractivity contribution is -0.123. The van der Waals surface area contributed by atoms with Gasteiger partial charge in [-0.2, -0.15) is 5.10 Å². The molecule has 0 saturated carbocycles. The summed E-state index contributed by atoms with van der Waals surface area (Å²) in [5.41, 5.74) is 0.515. The van der Waals surface area contributed by atoms with E-state index in [1.807, 2.05) is 0 Å². The number of ketones is 1. The zero-order chi connectivity index (χ0) is 11.4. The van der Waals surface area contributed by atoms with Crippen LogP contribution in [0.25, 0.3) is 0 Å². The topological polar surface area (TPSA) is 64.0 Å². The highest BCUT2D eigenvalue weighted by Crippen LogP contribution is 1.97. The quantitative estimate of drug-likeness (QED) is 0.729. The average Bonchev–Trinajstić information content (AvgIpc) is 2.60. The van der Waals surface area contributed by atoms with Crippen molar-refractivity contribution in [3.63, 3.8) is 0 Å². The Morgan fingerprint density at radius 2 is 2.20 bits per heavy atom. The van der Waals surface area contributed by atoms with Crippen molar-refractivity contribution >= 4 is 11.7 Å². The van der Waals surface area contributed by atoms with Gasteiger partial charge in [0, 0.05) is 19.2 Å². The highest BCUT2D eigenvalue weighted by Gasteiger charge is 2.11. The Kier molecular flexibility index (Phi) is 3.60. The molecule has 0 spiro atoms. The Morgan fingerprint density at radius 1 is 1.53 bits per heavy atom. The lowest BCUT2D eigenvalue weighted by Crippen LogP contribution is -2.32. The van der Waals surface area contributed by atoms with E-state index < -0.39 is 0 Å². The number of hydrogen-bond donors (Lipinski definition) is 1. The van der Waals surface area contributed by atoms with Crippen molar-refractivity contribution in [3.05, 3.63) is 18.0 Å². The van der Waals surface area contributed by atoms with Gasteiger partial charge in [0.05, 0.1) is 18.3 Å². The van der Waals surface area contributed by atoms with Gasteiger partial charge in [0.25, 0.3) is 0 Å². The molecule has 0 unspecified atom stereocenters. The van der Waals surface area contributed by atoms with E-state index in [0.717, 1.165) is 0 Å². The van der Waals surface area contributed by atoms with Crippen LogP contribution in [0.5, 0.6) is 0 Å². The molecule has 1 amide bonds. The third kappa shape index (κ3) is 3.19. The molecule has 0 atom stereocenters. The molecular formula is C10H15N3O2. The third-order valence-corrected chi connectivity index (χ3v) is 1.97. The maximum Gasteiger partial charge on any atom is 0.222 e. The number of hydrogen-bond acceptors (Lipinski definition) is 3. The van der Waals surface area contributed by atoms with Crippen molar-refractivity contribution in [2.24, 2.45) is 13.0 Å². The van der Waals surface area contributed by atoms with Crippen LogP contribution in [0.1, 0.15) is 24.2 Å². The van der Waals surface area contributed by atoms with E-state index in [9.17, 15) is 9.59 Å². The predicted octanol–water partition coefficient (Wildman–Crippen LogP) is 0.375. The van der Waals surface area contributed by atoms with Gasteiger partial charge in [0.1, 0.15) is 0 Å². The van der Waals surface area contributed by atoms with E-state index in [4.69, 9.17) is 0 Å². The molecule has 1 N–H and O–H groups in total. The van der Waals surface area contributed by atoms with Crippen LogP contribution in [0, 0.1) is 5.92 Å². The summed E-state index contributed by atoms with van der Waals surface area (Å²) >= 11 is 0. The third-order valence-electron chi connectivity index (χ3n) is 1.97. The van der Waals surface area contributed by atoms with Crippen LogP contribution in [0.15, 0.2) is 12.4 Å². The average molecular weight is 209 g/mol. The SMILES string of the molecule is CC(C)C(=O)NCC(=O)c1cnn(C)c1. The summed E-state index contributed by atoms with van der Waals surface area (Å²) in [7, 11) is 1.74. The van der Waals surface area contributed by atoms with E-state index in [1.54, 1.807) is 31.8 Å². The first-order valence-electron chi connectivity index (χ1n) is 4.80. The monoisotopic (exact) mass is 209 g/mol. The Balaban J connectivity index is 2.47. The van der Waals surface area contributed by atoms with Gasteiger partial charge in [0.2, 0.25) is 5.91 Å². The number of rotatable bonds is 4. The molecule has 0 bridgehead atoms. The van der Waals surface area contributed by atoms with Crippen LogP contribution in [-0.2, 0) is 11.8 Å². The fourth-order valence-corrected chi connectivity index (χ4v) is 1.04. The molecule has 0 saturated heterocycles. The molecule has 0 aliphatic carbocycles. The van der Waals surface area contributed by atoms with E-state index >= 15 is 0 Å². The van der Waals surface area contributed by atoms with Crippen molar-refractivity contribution < 1.29 is 9.59 Å². The molecule has 1 rings (SSSR count). The molecule has 1 aromatic heterocycles. The molecule has 15 heavy (non-hydrogen) atoms. The first-order valence-corrected chi connectivity index (χ1v) is 4.80. The minimum absolute atomic E-state index is 0.0305. The maximum absolute atomic E-state index is 11.5. The van der Waals surface area contributed by atoms with E-state index in [1.165, 1.54) is 6.20 Å². The van der Waals surface area contributed by atoms with Gasteiger partial charge in [-0.25, -0.2) is 0 Å². The molecule has 82 valence electrons. The first kappa shape index (κ1) is 11.4. The van der Waals surface area contributed by atoms with E-state index in [-0.39, 0.29) is 24.2 Å². The number of aryl methyl sites for hydroxylation is 1. The molecule has 0 fully saturated rings. The largest absolute Gasteiger partial charge is 0.348 e. The molecule has 0 aromatic carbocycles. The standard InChI is InChI=1S/C10H15N3O2/c1-7(2)10(15)11-5-9(14)8-4-12-13(3)6-8/h4,6-7H,5H2,1-3H3,(H,11,15). The number of nitrogens with zero attached hydrogens (tertiary/aromatic N) is 2. The van der Waals surface area contributed by atoms with Gasteiger partial charge < -0.3 is 5.32 Å². The Bertz CT molecular complexity index is 368.